The molecule has 0 unspecified atom stereocenters. The summed E-state index contributed by atoms with van der Waals surface area (Å²) in [5.74, 6) is -0.336. The van der Waals surface area contributed by atoms with Gasteiger partial charge in [-0.05, 0) is 63.9 Å². The number of nitrogens with two attached hydrogens (primary N) is 1. The Hall–Kier alpha value is -3.55. The Kier molecular flexibility index (Phi) is 5.69. The number of benzene rings is 1. The number of primary amides is 1. The molecule has 3 amide bonds. The summed E-state index contributed by atoms with van der Waals surface area (Å²) in [5.41, 5.74) is 9.77. The molecule has 0 aliphatic heterocycles. The van der Waals surface area contributed by atoms with Gasteiger partial charge in [0, 0.05) is 41.1 Å². The van der Waals surface area contributed by atoms with Crippen LogP contribution in [-0.2, 0) is 6.54 Å². The van der Waals surface area contributed by atoms with Crippen molar-refractivity contribution >= 4 is 28.5 Å². The van der Waals surface area contributed by atoms with Crippen molar-refractivity contribution in [1.82, 2.24) is 14.9 Å². The van der Waals surface area contributed by atoms with Crippen molar-refractivity contribution in [2.75, 3.05) is 5.32 Å². The normalized spacial score (nSPS) is 11.1. The lowest BCUT2D eigenvalue weighted by Crippen LogP contribution is -2.28. The molecule has 0 fully saturated rings. The maximum atomic E-state index is 13.1. The van der Waals surface area contributed by atoms with Crippen molar-refractivity contribution in [3.05, 3.63) is 62.7 Å². The number of amides is 3. The molecular weight excluding hydrogens is 382 g/mol. The summed E-state index contributed by atoms with van der Waals surface area (Å²) in [7, 11) is 0. The van der Waals surface area contributed by atoms with Gasteiger partial charge in [0.15, 0.2) is 0 Å². The maximum absolute atomic E-state index is 13.1. The van der Waals surface area contributed by atoms with E-state index in [1.165, 1.54) is 0 Å². The van der Waals surface area contributed by atoms with Crippen LogP contribution in [0.15, 0.2) is 29.2 Å². The van der Waals surface area contributed by atoms with Crippen molar-refractivity contribution in [2.45, 2.75) is 47.2 Å². The lowest BCUT2D eigenvalue weighted by Gasteiger charge is -2.14. The molecule has 0 saturated carbocycles. The molecule has 3 aromatic rings. The lowest BCUT2D eigenvalue weighted by atomic mass is 10.0. The first-order chi connectivity index (χ1) is 14.1. The van der Waals surface area contributed by atoms with Crippen LogP contribution in [0.3, 0.4) is 0 Å². The first kappa shape index (κ1) is 21.2. The average Bonchev–Trinajstić information content (AvgIpc) is 2.96. The molecule has 0 atom stereocenters. The third kappa shape index (κ3) is 4.07. The zero-order valence-corrected chi connectivity index (χ0v) is 17.8. The van der Waals surface area contributed by atoms with Crippen LogP contribution >= 0.6 is 0 Å². The highest BCUT2D eigenvalue weighted by atomic mass is 16.2. The average molecular weight is 409 g/mol. The summed E-state index contributed by atoms with van der Waals surface area (Å²) < 4.78 is 2.04. The highest BCUT2D eigenvalue weighted by Gasteiger charge is 2.19. The van der Waals surface area contributed by atoms with Gasteiger partial charge in [0.25, 0.3) is 11.5 Å². The Balaban J connectivity index is 2.04. The van der Waals surface area contributed by atoms with Crippen LogP contribution in [0.2, 0.25) is 0 Å². The Bertz CT molecular complexity index is 1200. The van der Waals surface area contributed by atoms with Crippen LogP contribution in [0.1, 0.15) is 52.6 Å². The summed E-state index contributed by atoms with van der Waals surface area (Å²) in [6.07, 6.45) is 1.98. The molecule has 5 N–H and O–H groups in total. The minimum Gasteiger partial charge on any atom is -0.351 e. The van der Waals surface area contributed by atoms with Gasteiger partial charge in [-0.1, -0.05) is 0 Å². The molecule has 2 heterocycles. The van der Waals surface area contributed by atoms with E-state index in [4.69, 9.17) is 5.73 Å². The molecule has 0 aliphatic carbocycles. The minimum atomic E-state index is -0.707. The summed E-state index contributed by atoms with van der Waals surface area (Å²) in [5, 5.41) is 6.20. The zero-order valence-electron chi connectivity index (χ0n) is 17.8. The first-order valence-corrected chi connectivity index (χ1v) is 9.77. The quantitative estimate of drug-likeness (QED) is 0.517. The van der Waals surface area contributed by atoms with Gasteiger partial charge in [-0.15, -0.1) is 0 Å². The molecule has 158 valence electrons. The largest absolute Gasteiger partial charge is 0.351 e. The number of aromatic nitrogens is 2. The minimum absolute atomic E-state index is 0.0964. The Morgan fingerprint density at radius 3 is 2.43 bits per heavy atom. The van der Waals surface area contributed by atoms with Gasteiger partial charge >= 0.3 is 6.03 Å². The molecule has 2 aromatic heterocycles. The van der Waals surface area contributed by atoms with E-state index in [2.05, 4.69) is 15.6 Å². The van der Waals surface area contributed by atoms with Gasteiger partial charge in [0.2, 0.25) is 0 Å². The van der Waals surface area contributed by atoms with E-state index in [-0.39, 0.29) is 24.1 Å². The smallest absolute Gasteiger partial charge is 0.316 e. The lowest BCUT2D eigenvalue weighted by molar-refractivity contribution is 0.0952. The summed E-state index contributed by atoms with van der Waals surface area (Å²) in [6.45, 7) is 9.77. The second-order valence-electron chi connectivity index (χ2n) is 7.85. The Morgan fingerprint density at radius 1 is 1.13 bits per heavy atom. The van der Waals surface area contributed by atoms with E-state index in [0.717, 1.165) is 27.7 Å². The molecular formula is C22H27N5O3. The number of anilines is 1. The molecule has 30 heavy (non-hydrogen) atoms. The predicted molar refractivity (Wildman–Crippen MR) is 118 cm³/mol. The first-order valence-electron chi connectivity index (χ1n) is 9.77. The number of pyridine rings is 1. The number of carbonyl (C=O) groups excluding carboxylic acids is 2. The summed E-state index contributed by atoms with van der Waals surface area (Å²) in [6, 6.07) is 4.73. The van der Waals surface area contributed by atoms with Gasteiger partial charge in [0.05, 0.1) is 11.1 Å². The van der Waals surface area contributed by atoms with E-state index < -0.39 is 6.03 Å². The zero-order chi connectivity index (χ0) is 22.2. The number of rotatable bonds is 5. The van der Waals surface area contributed by atoms with Crippen molar-refractivity contribution in [2.24, 2.45) is 5.73 Å². The number of urea groups is 1. The fourth-order valence-electron chi connectivity index (χ4n) is 3.77. The Morgan fingerprint density at radius 2 is 1.83 bits per heavy atom. The monoisotopic (exact) mass is 409 g/mol. The summed E-state index contributed by atoms with van der Waals surface area (Å²) >= 11 is 0. The molecule has 0 spiro atoms. The molecule has 3 rings (SSSR count). The van der Waals surface area contributed by atoms with Crippen molar-refractivity contribution in [1.29, 1.82) is 0 Å². The second-order valence-corrected chi connectivity index (χ2v) is 7.85. The summed E-state index contributed by atoms with van der Waals surface area (Å²) in [4.78, 5) is 39.5. The highest BCUT2D eigenvalue weighted by Crippen LogP contribution is 2.31. The van der Waals surface area contributed by atoms with Crippen LogP contribution in [0.25, 0.3) is 10.9 Å². The number of aromatic amines is 1. The van der Waals surface area contributed by atoms with Gasteiger partial charge in [-0.25, -0.2) is 4.79 Å². The maximum Gasteiger partial charge on any atom is 0.316 e. The molecule has 0 bridgehead atoms. The van der Waals surface area contributed by atoms with Crippen molar-refractivity contribution in [3.63, 3.8) is 0 Å². The number of fused-ring (bicyclic) bond motifs is 1. The van der Waals surface area contributed by atoms with Gasteiger partial charge in [-0.3, -0.25) is 9.59 Å². The fraction of sp³-hybridized carbons (Fsp3) is 0.318. The van der Waals surface area contributed by atoms with E-state index in [0.29, 0.717) is 16.8 Å². The van der Waals surface area contributed by atoms with Gasteiger partial charge < -0.3 is 25.9 Å². The third-order valence-corrected chi connectivity index (χ3v) is 5.11. The molecule has 1 aromatic carbocycles. The number of nitrogens with one attached hydrogen (secondary N) is 3. The Labute approximate surface area is 174 Å². The number of hydrogen-bond donors (Lipinski definition) is 4. The third-order valence-electron chi connectivity index (χ3n) is 5.11. The van der Waals surface area contributed by atoms with Crippen LogP contribution in [0, 0.1) is 20.8 Å². The topological polar surface area (TPSA) is 122 Å². The number of nitrogens with zero attached hydrogens (tertiary/aromatic N) is 1. The predicted octanol–water partition coefficient (Wildman–Crippen LogP) is 3.26. The SMILES string of the molecule is Cc1cc(C)c(CNC(=O)c2cc(NC(N)=O)cc3c2c(C)cn3C(C)C)c(=O)[nH]1. The van der Waals surface area contributed by atoms with Gasteiger partial charge in [-0.2, -0.15) is 0 Å². The van der Waals surface area contributed by atoms with E-state index in [1.807, 2.05) is 51.4 Å². The molecule has 8 heteroatoms. The number of carbonyl (C=O) groups is 2. The standard InChI is InChI=1S/C22H27N5O3/c1-11(2)27-10-13(4)19-16(7-15(8-18(19)27)26-22(23)30)20(28)24-9-17-12(3)6-14(5)25-21(17)29/h6-8,10-11H,9H2,1-5H3,(H,24,28)(H,25,29)(H3,23,26,30). The van der Waals surface area contributed by atoms with Crippen LogP contribution < -0.4 is 21.9 Å². The second kappa shape index (κ2) is 8.06. The van der Waals surface area contributed by atoms with Gasteiger partial charge in [0.1, 0.15) is 0 Å². The van der Waals surface area contributed by atoms with Crippen molar-refractivity contribution < 1.29 is 9.59 Å². The molecule has 0 radical (unpaired) electrons. The highest BCUT2D eigenvalue weighted by molar-refractivity contribution is 6.10. The van der Waals surface area contributed by atoms with E-state index in [9.17, 15) is 14.4 Å². The molecule has 0 saturated heterocycles. The molecule has 8 nitrogen and oxygen atoms in total. The van der Waals surface area contributed by atoms with E-state index in [1.54, 1.807) is 12.1 Å². The van der Waals surface area contributed by atoms with Crippen LogP contribution in [0.4, 0.5) is 10.5 Å². The molecule has 0 aliphatic rings. The number of H-pyrrole nitrogens is 1. The van der Waals surface area contributed by atoms with Crippen LogP contribution in [-0.4, -0.2) is 21.5 Å². The number of hydrogen-bond acceptors (Lipinski definition) is 3. The number of aryl methyl sites for hydroxylation is 3. The fourth-order valence-corrected chi connectivity index (χ4v) is 3.77. The van der Waals surface area contributed by atoms with E-state index >= 15 is 0 Å². The van der Waals surface area contributed by atoms with Crippen LogP contribution in [0.5, 0.6) is 0 Å². The van der Waals surface area contributed by atoms with Crippen molar-refractivity contribution in [3.8, 4) is 0 Å².